The largest absolute Gasteiger partial charge is 0.507 e. The first-order chi connectivity index (χ1) is 9.06. The number of aromatic hydroxyl groups is 1. The molecule has 0 aliphatic heterocycles. The average Bonchev–Trinajstić information content (AvgIpc) is 2.39. The number of amides is 1. The number of phenols is 1. The number of nitrogens with zero attached hydrogens (tertiary/aromatic N) is 1. The SMILES string of the molecule is Cc1cccc(CNC(=O)c2cc(F)ccc2O)n1. The molecule has 2 aromatic rings. The third kappa shape index (κ3) is 3.28. The van der Waals surface area contributed by atoms with E-state index in [9.17, 15) is 14.3 Å². The maximum absolute atomic E-state index is 13.0. The summed E-state index contributed by atoms with van der Waals surface area (Å²) in [6, 6.07) is 8.70. The summed E-state index contributed by atoms with van der Waals surface area (Å²) in [5.41, 5.74) is 1.46. The van der Waals surface area contributed by atoms with Crippen molar-refractivity contribution < 1.29 is 14.3 Å². The van der Waals surface area contributed by atoms with Crippen molar-refractivity contribution in [3.63, 3.8) is 0 Å². The molecule has 4 nitrogen and oxygen atoms in total. The summed E-state index contributed by atoms with van der Waals surface area (Å²) < 4.78 is 13.0. The van der Waals surface area contributed by atoms with Gasteiger partial charge in [0.05, 0.1) is 17.8 Å². The van der Waals surface area contributed by atoms with Crippen LogP contribution in [0.25, 0.3) is 0 Å². The second-order valence-electron chi connectivity index (χ2n) is 4.11. The summed E-state index contributed by atoms with van der Waals surface area (Å²) in [4.78, 5) is 16.0. The van der Waals surface area contributed by atoms with E-state index in [1.165, 1.54) is 0 Å². The van der Waals surface area contributed by atoms with E-state index in [-0.39, 0.29) is 17.9 Å². The Kier molecular flexibility index (Phi) is 3.75. The van der Waals surface area contributed by atoms with Crippen molar-refractivity contribution in [3.05, 3.63) is 59.2 Å². The topological polar surface area (TPSA) is 62.2 Å². The van der Waals surface area contributed by atoms with Gasteiger partial charge in [0, 0.05) is 5.69 Å². The van der Waals surface area contributed by atoms with Crippen molar-refractivity contribution >= 4 is 5.91 Å². The third-order valence-electron chi connectivity index (χ3n) is 2.58. The van der Waals surface area contributed by atoms with Gasteiger partial charge in [0.15, 0.2) is 0 Å². The standard InChI is InChI=1S/C14H13FN2O2/c1-9-3-2-4-11(17-9)8-16-14(19)12-7-10(15)5-6-13(12)18/h2-7,18H,8H2,1H3,(H,16,19). The van der Waals surface area contributed by atoms with Crippen LogP contribution in [0.2, 0.25) is 0 Å². The fourth-order valence-electron chi connectivity index (χ4n) is 1.65. The van der Waals surface area contributed by atoms with Crippen LogP contribution in [0, 0.1) is 12.7 Å². The first-order valence-electron chi connectivity index (χ1n) is 5.75. The van der Waals surface area contributed by atoms with Gasteiger partial charge >= 0.3 is 0 Å². The molecule has 1 heterocycles. The molecule has 0 spiro atoms. The zero-order valence-corrected chi connectivity index (χ0v) is 10.4. The normalized spacial score (nSPS) is 10.2. The molecule has 0 atom stereocenters. The molecule has 5 heteroatoms. The number of halogens is 1. The summed E-state index contributed by atoms with van der Waals surface area (Å²) in [7, 11) is 0. The molecule has 1 amide bonds. The van der Waals surface area contributed by atoms with Crippen LogP contribution in [0.1, 0.15) is 21.7 Å². The molecule has 0 fully saturated rings. The van der Waals surface area contributed by atoms with Gasteiger partial charge in [0.2, 0.25) is 0 Å². The molecule has 98 valence electrons. The molecular weight excluding hydrogens is 247 g/mol. The van der Waals surface area contributed by atoms with E-state index in [1.807, 2.05) is 19.1 Å². The minimum atomic E-state index is -0.573. The molecule has 0 unspecified atom stereocenters. The third-order valence-corrected chi connectivity index (χ3v) is 2.58. The zero-order chi connectivity index (χ0) is 13.8. The Morgan fingerprint density at radius 3 is 2.89 bits per heavy atom. The van der Waals surface area contributed by atoms with Crippen LogP contribution in [0.15, 0.2) is 36.4 Å². The molecule has 2 N–H and O–H groups in total. The van der Waals surface area contributed by atoms with Crippen LogP contribution < -0.4 is 5.32 Å². The van der Waals surface area contributed by atoms with Gasteiger partial charge in [-0.15, -0.1) is 0 Å². The number of aryl methyl sites for hydroxylation is 1. The highest BCUT2D eigenvalue weighted by atomic mass is 19.1. The van der Waals surface area contributed by atoms with Crippen molar-refractivity contribution in [1.82, 2.24) is 10.3 Å². The molecule has 2 rings (SSSR count). The predicted molar refractivity (Wildman–Crippen MR) is 68.2 cm³/mol. The number of hydrogen-bond acceptors (Lipinski definition) is 3. The number of phenolic OH excluding ortho intramolecular Hbond substituents is 1. The lowest BCUT2D eigenvalue weighted by atomic mass is 10.2. The lowest BCUT2D eigenvalue weighted by Crippen LogP contribution is -2.23. The number of carbonyl (C=O) groups is 1. The Morgan fingerprint density at radius 2 is 2.16 bits per heavy atom. The lowest BCUT2D eigenvalue weighted by Gasteiger charge is -2.07. The number of hydrogen-bond donors (Lipinski definition) is 2. The van der Waals surface area contributed by atoms with Crippen molar-refractivity contribution in [3.8, 4) is 5.75 Å². The zero-order valence-electron chi connectivity index (χ0n) is 10.4. The summed E-state index contributed by atoms with van der Waals surface area (Å²) in [5.74, 6) is -1.37. The molecule has 0 aliphatic rings. The van der Waals surface area contributed by atoms with Gasteiger partial charge < -0.3 is 10.4 Å². The van der Waals surface area contributed by atoms with E-state index >= 15 is 0 Å². The molecule has 0 bridgehead atoms. The monoisotopic (exact) mass is 260 g/mol. The molecule has 19 heavy (non-hydrogen) atoms. The first kappa shape index (κ1) is 13.0. The van der Waals surface area contributed by atoms with Crippen LogP contribution in [0.3, 0.4) is 0 Å². The predicted octanol–water partition coefficient (Wildman–Crippen LogP) is 2.16. The van der Waals surface area contributed by atoms with Crippen LogP contribution in [0.5, 0.6) is 5.75 Å². The molecule has 0 saturated heterocycles. The highest BCUT2D eigenvalue weighted by Crippen LogP contribution is 2.17. The minimum absolute atomic E-state index is 0.0901. The van der Waals surface area contributed by atoms with Crippen molar-refractivity contribution in [1.29, 1.82) is 0 Å². The number of rotatable bonds is 3. The smallest absolute Gasteiger partial charge is 0.255 e. The highest BCUT2D eigenvalue weighted by Gasteiger charge is 2.12. The molecule has 1 aromatic carbocycles. The quantitative estimate of drug-likeness (QED) is 0.889. The maximum Gasteiger partial charge on any atom is 0.255 e. The second-order valence-corrected chi connectivity index (χ2v) is 4.11. The van der Waals surface area contributed by atoms with E-state index in [4.69, 9.17) is 0 Å². The van der Waals surface area contributed by atoms with E-state index in [0.717, 1.165) is 23.9 Å². The van der Waals surface area contributed by atoms with Crippen molar-refractivity contribution in [2.45, 2.75) is 13.5 Å². The highest BCUT2D eigenvalue weighted by molar-refractivity contribution is 5.96. The van der Waals surface area contributed by atoms with Crippen molar-refractivity contribution in [2.24, 2.45) is 0 Å². The Hall–Kier alpha value is -2.43. The number of aromatic nitrogens is 1. The van der Waals surface area contributed by atoms with Gasteiger partial charge in [-0.05, 0) is 37.3 Å². The summed E-state index contributed by atoms with van der Waals surface area (Å²) >= 11 is 0. The van der Waals surface area contributed by atoms with Crippen LogP contribution >= 0.6 is 0 Å². The maximum atomic E-state index is 13.0. The summed E-state index contributed by atoms with van der Waals surface area (Å²) in [5, 5.41) is 12.1. The van der Waals surface area contributed by atoms with E-state index in [1.54, 1.807) is 6.07 Å². The van der Waals surface area contributed by atoms with Gasteiger partial charge in [-0.1, -0.05) is 6.07 Å². The first-order valence-corrected chi connectivity index (χ1v) is 5.75. The minimum Gasteiger partial charge on any atom is -0.507 e. The Labute approximate surface area is 109 Å². The molecule has 0 aliphatic carbocycles. The fourth-order valence-corrected chi connectivity index (χ4v) is 1.65. The Bertz CT molecular complexity index is 614. The summed E-state index contributed by atoms with van der Waals surface area (Å²) in [6.07, 6.45) is 0. The second kappa shape index (κ2) is 5.48. The van der Waals surface area contributed by atoms with Gasteiger partial charge in [-0.25, -0.2) is 4.39 Å². The number of carbonyl (C=O) groups excluding carboxylic acids is 1. The fraction of sp³-hybridized carbons (Fsp3) is 0.143. The molecule has 1 aromatic heterocycles. The molecule has 0 radical (unpaired) electrons. The van der Waals surface area contributed by atoms with E-state index < -0.39 is 11.7 Å². The van der Waals surface area contributed by atoms with Gasteiger partial charge in [-0.3, -0.25) is 9.78 Å². The molecule has 0 saturated carbocycles. The Balaban J connectivity index is 2.07. The number of benzene rings is 1. The van der Waals surface area contributed by atoms with Crippen LogP contribution in [0.4, 0.5) is 4.39 Å². The van der Waals surface area contributed by atoms with E-state index in [2.05, 4.69) is 10.3 Å². The van der Waals surface area contributed by atoms with Gasteiger partial charge in [0.25, 0.3) is 5.91 Å². The average molecular weight is 260 g/mol. The van der Waals surface area contributed by atoms with Gasteiger partial charge in [0.1, 0.15) is 11.6 Å². The van der Waals surface area contributed by atoms with E-state index in [0.29, 0.717) is 5.69 Å². The number of nitrogens with one attached hydrogen (secondary N) is 1. The lowest BCUT2D eigenvalue weighted by molar-refractivity contribution is 0.0947. The van der Waals surface area contributed by atoms with Crippen LogP contribution in [-0.2, 0) is 6.54 Å². The molecular formula is C14H13FN2O2. The summed E-state index contributed by atoms with van der Waals surface area (Å²) in [6.45, 7) is 2.07. The number of pyridine rings is 1. The van der Waals surface area contributed by atoms with Crippen molar-refractivity contribution in [2.75, 3.05) is 0 Å². The van der Waals surface area contributed by atoms with Crippen LogP contribution in [-0.4, -0.2) is 16.0 Å². The van der Waals surface area contributed by atoms with Gasteiger partial charge in [-0.2, -0.15) is 0 Å². The Morgan fingerprint density at radius 1 is 1.37 bits per heavy atom.